The number of hydrogen-bond acceptors (Lipinski definition) is 7. The van der Waals surface area contributed by atoms with Gasteiger partial charge < -0.3 is 19.9 Å². The monoisotopic (exact) mass is 521 g/mol. The van der Waals surface area contributed by atoms with Gasteiger partial charge in [-0.25, -0.2) is 0 Å². The van der Waals surface area contributed by atoms with E-state index in [4.69, 9.17) is 4.74 Å². The van der Waals surface area contributed by atoms with Gasteiger partial charge in [-0.3, -0.25) is 24.6 Å². The first kappa shape index (κ1) is 26.0. The van der Waals surface area contributed by atoms with Gasteiger partial charge in [-0.05, 0) is 48.9 Å². The van der Waals surface area contributed by atoms with Crippen molar-refractivity contribution in [2.24, 2.45) is 5.92 Å². The zero-order valence-electron chi connectivity index (χ0n) is 21.8. The van der Waals surface area contributed by atoms with Crippen molar-refractivity contribution >= 4 is 23.2 Å². The third kappa shape index (κ3) is 5.45. The van der Waals surface area contributed by atoms with E-state index >= 15 is 0 Å². The van der Waals surface area contributed by atoms with Crippen molar-refractivity contribution in [2.45, 2.75) is 31.7 Å². The first-order chi connectivity index (χ1) is 18.4. The summed E-state index contributed by atoms with van der Waals surface area (Å²) in [7, 11) is 1.63. The lowest BCUT2D eigenvalue weighted by Crippen LogP contribution is -2.62. The molecule has 2 unspecified atom stereocenters. The number of piperazine rings is 1. The van der Waals surface area contributed by atoms with Crippen LogP contribution < -0.4 is 15.0 Å². The van der Waals surface area contributed by atoms with Crippen LogP contribution in [0.25, 0.3) is 0 Å². The van der Waals surface area contributed by atoms with E-state index < -0.39 is 4.92 Å². The normalized spacial score (nSPS) is 21.0. The molecule has 0 aromatic heterocycles. The van der Waals surface area contributed by atoms with Gasteiger partial charge in [-0.15, -0.1) is 0 Å². The molecule has 0 spiro atoms. The van der Waals surface area contributed by atoms with Gasteiger partial charge >= 0.3 is 0 Å². The highest BCUT2D eigenvalue weighted by molar-refractivity contribution is 5.82. The molecule has 2 fully saturated rings. The Balaban J connectivity index is 1.32. The summed E-state index contributed by atoms with van der Waals surface area (Å²) in [5.41, 5.74) is 2.82. The molecule has 0 saturated carbocycles. The number of methoxy groups -OCH3 is 1. The van der Waals surface area contributed by atoms with Crippen LogP contribution in [0.1, 0.15) is 24.0 Å². The van der Waals surface area contributed by atoms with Gasteiger partial charge in [-0.1, -0.05) is 18.2 Å². The van der Waals surface area contributed by atoms with Crippen LogP contribution in [0.4, 0.5) is 11.4 Å². The summed E-state index contributed by atoms with van der Waals surface area (Å²) in [5.74, 6) is 0.490. The number of amides is 2. The Morgan fingerprint density at radius 1 is 1.11 bits per heavy atom. The molecule has 0 bridgehead atoms. The summed E-state index contributed by atoms with van der Waals surface area (Å²) in [5, 5.41) is 14.5. The van der Waals surface area contributed by atoms with Crippen LogP contribution in [0.15, 0.2) is 42.5 Å². The van der Waals surface area contributed by atoms with Crippen molar-refractivity contribution in [2.75, 3.05) is 57.8 Å². The Kier molecular flexibility index (Phi) is 7.78. The fourth-order valence-electron chi connectivity index (χ4n) is 6.04. The average molecular weight is 522 g/mol. The summed E-state index contributed by atoms with van der Waals surface area (Å²) >= 11 is 0. The molecule has 38 heavy (non-hydrogen) atoms. The molecule has 5 rings (SSSR count). The molecule has 2 aromatic rings. The van der Waals surface area contributed by atoms with E-state index in [0.29, 0.717) is 45.6 Å². The molecule has 2 saturated heterocycles. The molecule has 3 aliphatic heterocycles. The molecule has 202 valence electrons. The minimum Gasteiger partial charge on any atom is -0.496 e. The van der Waals surface area contributed by atoms with Crippen LogP contribution in [-0.2, 0) is 22.4 Å². The topological polar surface area (TPSA) is 108 Å². The van der Waals surface area contributed by atoms with Gasteiger partial charge in [0, 0.05) is 57.1 Å². The smallest absolute Gasteiger partial charge is 0.269 e. The molecule has 10 heteroatoms. The fraction of sp³-hybridized carbons (Fsp3) is 0.500. The predicted octanol–water partition coefficient (Wildman–Crippen LogP) is 2.25. The van der Waals surface area contributed by atoms with Crippen LogP contribution in [0.5, 0.6) is 5.75 Å². The van der Waals surface area contributed by atoms with E-state index in [1.165, 1.54) is 6.07 Å². The number of nitrogens with one attached hydrogen (secondary N) is 1. The lowest BCUT2D eigenvalue weighted by atomic mass is 9.83. The quantitative estimate of drug-likeness (QED) is 0.419. The fourth-order valence-corrected chi connectivity index (χ4v) is 6.04. The number of nitrogens with zero attached hydrogens (tertiary/aromatic N) is 4. The average Bonchev–Trinajstić information content (AvgIpc) is 3.48. The van der Waals surface area contributed by atoms with Crippen molar-refractivity contribution in [3.05, 3.63) is 63.7 Å². The molecule has 0 radical (unpaired) electrons. The second-order valence-corrected chi connectivity index (χ2v) is 10.3. The third-order valence-electron chi connectivity index (χ3n) is 8.03. The molecule has 2 atom stereocenters. The number of nitro groups is 1. The highest BCUT2D eigenvalue weighted by atomic mass is 16.6. The summed E-state index contributed by atoms with van der Waals surface area (Å²) in [6.45, 7) is 4.43. The number of non-ortho nitro benzene ring substituents is 1. The molecular weight excluding hydrogens is 486 g/mol. The van der Waals surface area contributed by atoms with E-state index in [9.17, 15) is 19.7 Å². The van der Waals surface area contributed by atoms with Crippen molar-refractivity contribution < 1.29 is 19.2 Å². The van der Waals surface area contributed by atoms with Crippen molar-refractivity contribution in [1.29, 1.82) is 0 Å². The summed E-state index contributed by atoms with van der Waals surface area (Å²) in [6, 6.07) is 12.6. The summed E-state index contributed by atoms with van der Waals surface area (Å²) < 4.78 is 5.43. The van der Waals surface area contributed by atoms with E-state index in [0.717, 1.165) is 48.5 Å². The second kappa shape index (κ2) is 11.4. The van der Waals surface area contributed by atoms with Gasteiger partial charge in [0.05, 0.1) is 30.5 Å². The molecular formula is C28H35N5O5. The number of carbonyl (C=O) groups is 2. The van der Waals surface area contributed by atoms with Gasteiger partial charge in [0.25, 0.3) is 5.69 Å². The van der Waals surface area contributed by atoms with Crippen LogP contribution in [0, 0.1) is 16.0 Å². The summed E-state index contributed by atoms with van der Waals surface area (Å²) in [4.78, 5) is 43.7. The SMILES string of the molecule is COc1ccccc1CCNC(=O)C1Cc2cc([N+](=O)[O-])ccc2N2CCN(CC(=O)N3CCCC3)CC12. The number of likely N-dealkylation sites (tertiary alicyclic amines) is 1. The van der Waals surface area contributed by atoms with Crippen molar-refractivity contribution in [1.82, 2.24) is 15.1 Å². The molecule has 2 aromatic carbocycles. The highest BCUT2D eigenvalue weighted by Crippen LogP contribution is 2.38. The minimum atomic E-state index is -0.392. The van der Waals surface area contributed by atoms with E-state index in [-0.39, 0.29) is 29.5 Å². The first-order valence-electron chi connectivity index (χ1n) is 13.4. The highest BCUT2D eigenvalue weighted by Gasteiger charge is 2.42. The lowest BCUT2D eigenvalue weighted by Gasteiger charge is -2.49. The Bertz CT molecular complexity index is 1200. The Hall–Kier alpha value is -3.66. The van der Waals surface area contributed by atoms with Gasteiger partial charge in [0.2, 0.25) is 11.8 Å². The number of benzene rings is 2. The van der Waals surface area contributed by atoms with Gasteiger partial charge in [-0.2, -0.15) is 0 Å². The predicted molar refractivity (Wildman–Crippen MR) is 143 cm³/mol. The molecule has 2 amide bonds. The maximum Gasteiger partial charge on any atom is 0.269 e. The van der Waals surface area contributed by atoms with Crippen LogP contribution in [0.2, 0.25) is 0 Å². The number of para-hydroxylation sites is 1. The van der Waals surface area contributed by atoms with E-state index in [1.54, 1.807) is 19.2 Å². The van der Waals surface area contributed by atoms with Gasteiger partial charge in [0.1, 0.15) is 5.75 Å². The third-order valence-corrected chi connectivity index (χ3v) is 8.03. The molecule has 1 N–H and O–H groups in total. The van der Waals surface area contributed by atoms with E-state index in [1.807, 2.05) is 29.2 Å². The number of fused-ring (bicyclic) bond motifs is 3. The molecule has 3 heterocycles. The Morgan fingerprint density at radius 2 is 1.89 bits per heavy atom. The molecule has 10 nitrogen and oxygen atoms in total. The number of anilines is 1. The summed E-state index contributed by atoms with van der Waals surface area (Å²) in [6.07, 6.45) is 3.17. The maximum absolute atomic E-state index is 13.6. The zero-order valence-corrected chi connectivity index (χ0v) is 21.8. The standard InChI is InChI=1S/C28H35N5O5/c1-38-26-7-3-2-6-20(26)10-11-29-28(35)23-17-21-16-22(33(36)37)8-9-24(21)32-15-14-30(18-25(23)32)19-27(34)31-12-4-5-13-31/h2-3,6-9,16,23,25H,4-5,10-15,17-19H2,1H3,(H,29,35). The van der Waals surface area contributed by atoms with E-state index in [2.05, 4.69) is 15.1 Å². The van der Waals surface area contributed by atoms with Crippen LogP contribution in [0.3, 0.4) is 0 Å². The zero-order chi connectivity index (χ0) is 26.6. The second-order valence-electron chi connectivity index (χ2n) is 10.3. The van der Waals surface area contributed by atoms with Crippen LogP contribution >= 0.6 is 0 Å². The van der Waals surface area contributed by atoms with Crippen molar-refractivity contribution in [3.63, 3.8) is 0 Å². The lowest BCUT2D eigenvalue weighted by molar-refractivity contribution is -0.384. The number of hydrogen-bond donors (Lipinski definition) is 1. The number of nitro benzene ring substituents is 1. The first-order valence-corrected chi connectivity index (χ1v) is 13.4. The Morgan fingerprint density at radius 3 is 2.66 bits per heavy atom. The Labute approximate surface area is 222 Å². The maximum atomic E-state index is 13.6. The molecule has 0 aliphatic carbocycles. The minimum absolute atomic E-state index is 0.0346. The largest absolute Gasteiger partial charge is 0.496 e. The van der Waals surface area contributed by atoms with Crippen LogP contribution in [-0.4, -0.2) is 85.5 Å². The van der Waals surface area contributed by atoms with Gasteiger partial charge in [0.15, 0.2) is 0 Å². The number of carbonyl (C=O) groups excluding carboxylic acids is 2. The van der Waals surface area contributed by atoms with Crippen molar-refractivity contribution in [3.8, 4) is 5.75 Å². The number of rotatable bonds is 8. The number of ether oxygens (including phenoxy) is 1. The molecule has 3 aliphatic rings.